The number of hydrogen-bond donors (Lipinski definition) is 0. The average Bonchev–Trinajstić information content (AvgIpc) is 2.04. The molecule has 0 heterocycles. The van der Waals surface area contributed by atoms with Gasteiger partial charge in [0, 0.05) is 0 Å². The predicted octanol–water partition coefficient (Wildman–Crippen LogP) is 2.69. The van der Waals surface area contributed by atoms with Gasteiger partial charge in [-0.25, -0.2) is 4.39 Å². The Morgan fingerprint density at radius 2 is 2.15 bits per heavy atom. The zero-order chi connectivity index (χ0) is 10.0. The Labute approximate surface area is 80.3 Å². The summed E-state index contributed by atoms with van der Waals surface area (Å²) in [7, 11) is 1.30. The highest BCUT2D eigenvalue weighted by Gasteiger charge is 2.15. The van der Waals surface area contributed by atoms with E-state index >= 15 is 0 Å². The van der Waals surface area contributed by atoms with Gasteiger partial charge in [-0.15, -0.1) is 0 Å². The third kappa shape index (κ3) is 1.80. The molecule has 0 N–H and O–H groups in total. The fraction of sp³-hybridized carbons (Fsp3) is 0.222. The number of rotatable bonds is 2. The van der Waals surface area contributed by atoms with E-state index < -0.39 is 5.82 Å². The van der Waals surface area contributed by atoms with Crippen molar-refractivity contribution in [2.45, 2.75) is 6.92 Å². The molecule has 1 aromatic rings. The zero-order valence-electron chi connectivity index (χ0n) is 7.23. The van der Waals surface area contributed by atoms with Crippen molar-refractivity contribution in [3.63, 3.8) is 0 Å². The lowest BCUT2D eigenvalue weighted by molar-refractivity contribution is 0.101. The largest absolute Gasteiger partial charge is 0.492 e. The standard InChI is InChI=1S/C9H8ClFO2/c1-5(12)6-3-4-7(10)9(13-2)8(6)11/h3-4H,1-2H3. The van der Waals surface area contributed by atoms with E-state index in [4.69, 9.17) is 16.3 Å². The Morgan fingerprint density at radius 1 is 1.54 bits per heavy atom. The molecule has 0 bridgehead atoms. The second kappa shape index (κ2) is 3.75. The van der Waals surface area contributed by atoms with Crippen LogP contribution in [0.5, 0.6) is 5.75 Å². The second-order valence-electron chi connectivity index (χ2n) is 2.50. The second-order valence-corrected chi connectivity index (χ2v) is 2.91. The quantitative estimate of drug-likeness (QED) is 0.690. The van der Waals surface area contributed by atoms with Crippen LogP contribution in [-0.2, 0) is 0 Å². The van der Waals surface area contributed by atoms with Crippen LogP contribution in [0.4, 0.5) is 4.39 Å². The van der Waals surface area contributed by atoms with Crippen LogP contribution >= 0.6 is 11.6 Å². The molecule has 2 nitrogen and oxygen atoms in total. The summed E-state index contributed by atoms with van der Waals surface area (Å²) >= 11 is 5.63. The molecule has 1 aromatic carbocycles. The Bertz CT molecular complexity index is 350. The Hall–Kier alpha value is -1.09. The van der Waals surface area contributed by atoms with Crippen LogP contribution < -0.4 is 4.74 Å². The summed E-state index contributed by atoms with van der Waals surface area (Å²) in [6.07, 6.45) is 0. The van der Waals surface area contributed by atoms with E-state index in [0.29, 0.717) is 0 Å². The van der Waals surface area contributed by atoms with Crippen molar-refractivity contribution in [1.82, 2.24) is 0 Å². The van der Waals surface area contributed by atoms with Crippen molar-refractivity contribution in [2.75, 3.05) is 7.11 Å². The fourth-order valence-electron chi connectivity index (χ4n) is 0.992. The van der Waals surface area contributed by atoms with Gasteiger partial charge < -0.3 is 4.74 Å². The fourth-order valence-corrected chi connectivity index (χ4v) is 1.21. The van der Waals surface area contributed by atoms with E-state index in [1.165, 1.54) is 26.2 Å². The maximum Gasteiger partial charge on any atom is 0.177 e. The summed E-state index contributed by atoms with van der Waals surface area (Å²) in [5.41, 5.74) is -0.0127. The van der Waals surface area contributed by atoms with E-state index in [0.717, 1.165) is 0 Å². The minimum Gasteiger partial charge on any atom is -0.492 e. The van der Waals surface area contributed by atoms with Crippen molar-refractivity contribution < 1.29 is 13.9 Å². The van der Waals surface area contributed by atoms with Gasteiger partial charge >= 0.3 is 0 Å². The molecule has 0 unspecified atom stereocenters. The Kier molecular flexibility index (Phi) is 2.88. The van der Waals surface area contributed by atoms with Crippen molar-refractivity contribution in [2.24, 2.45) is 0 Å². The van der Waals surface area contributed by atoms with Gasteiger partial charge in [0.25, 0.3) is 0 Å². The lowest BCUT2D eigenvalue weighted by Gasteiger charge is -2.06. The number of ether oxygens (including phenoxy) is 1. The molecule has 1 rings (SSSR count). The summed E-state index contributed by atoms with van der Waals surface area (Å²) in [6.45, 7) is 1.28. The molecule has 0 aliphatic heterocycles. The topological polar surface area (TPSA) is 26.3 Å². The summed E-state index contributed by atoms with van der Waals surface area (Å²) in [5.74, 6) is -1.15. The lowest BCUT2D eigenvalue weighted by atomic mass is 10.1. The maximum atomic E-state index is 13.4. The van der Waals surface area contributed by atoms with Crippen LogP contribution in [0.15, 0.2) is 12.1 Å². The van der Waals surface area contributed by atoms with E-state index in [9.17, 15) is 9.18 Å². The first-order valence-corrected chi connectivity index (χ1v) is 3.98. The number of methoxy groups -OCH3 is 1. The lowest BCUT2D eigenvalue weighted by Crippen LogP contribution is -2.00. The molecule has 13 heavy (non-hydrogen) atoms. The van der Waals surface area contributed by atoms with Gasteiger partial charge in [-0.05, 0) is 19.1 Å². The van der Waals surface area contributed by atoms with Crippen molar-refractivity contribution >= 4 is 17.4 Å². The number of hydrogen-bond acceptors (Lipinski definition) is 2. The van der Waals surface area contributed by atoms with Gasteiger partial charge in [0.15, 0.2) is 17.3 Å². The van der Waals surface area contributed by atoms with Gasteiger partial charge in [0.05, 0.1) is 17.7 Å². The molecule has 0 radical (unpaired) electrons. The molecule has 0 amide bonds. The van der Waals surface area contributed by atoms with Crippen LogP contribution in [0, 0.1) is 5.82 Å². The number of halogens is 2. The van der Waals surface area contributed by atoms with Gasteiger partial charge in [-0.2, -0.15) is 0 Å². The number of ketones is 1. The zero-order valence-corrected chi connectivity index (χ0v) is 7.98. The molecule has 4 heteroatoms. The smallest absolute Gasteiger partial charge is 0.177 e. The van der Waals surface area contributed by atoms with Crippen LogP contribution in [0.1, 0.15) is 17.3 Å². The van der Waals surface area contributed by atoms with Gasteiger partial charge in [0.1, 0.15) is 0 Å². The number of carbonyl (C=O) groups excluding carboxylic acids is 1. The van der Waals surface area contributed by atoms with Crippen LogP contribution in [0.2, 0.25) is 5.02 Å². The summed E-state index contributed by atoms with van der Waals surface area (Å²) in [5, 5.41) is 0.157. The first kappa shape index (κ1) is 9.99. The molecule has 0 fully saturated rings. The molecule has 70 valence electrons. The third-order valence-corrected chi connectivity index (χ3v) is 1.93. The van der Waals surface area contributed by atoms with Crippen LogP contribution in [-0.4, -0.2) is 12.9 Å². The van der Waals surface area contributed by atoms with E-state index in [1.807, 2.05) is 0 Å². The van der Waals surface area contributed by atoms with E-state index in [1.54, 1.807) is 0 Å². The minimum absolute atomic E-state index is 0.0127. The highest BCUT2D eigenvalue weighted by atomic mass is 35.5. The van der Waals surface area contributed by atoms with Crippen molar-refractivity contribution in [3.8, 4) is 5.75 Å². The molecule has 0 aliphatic rings. The monoisotopic (exact) mass is 202 g/mol. The highest BCUT2D eigenvalue weighted by molar-refractivity contribution is 6.32. The van der Waals surface area contributed by atoms with Crippen molar-refractivity contribution in [3.05, 3.63) is 28.5 Å². The van der Waals surface area contributed by atoms with Crippen LogP contribution in [0.25, 0.3) is 0 Å². The Balaban J connectivity index is 3.35. The molecular formula is C9H8ClFO2. The SMILES string of the molecule is COc1c(Cl)ccc(C(C)=O)c1F. The van der Waals surface area contributed by atoms with Gasteiger partial charge in [-0.1, -0.05) is 11.6 Å². The van der Waals surface area contributed by atoms with Crippen molar-refractivity contribution in [1.29, 1.82) is 0 Å². The van der Waals surface area contributed by atoms with Crippen LogP contribution in [0.3, 0.4) is 0 Å². The average molecular weight is 203 g/mol. The summed E-state index contributed by atoms with van der Waals surface area (Å²) in [4.78, 5) is 10.9. The first-order chi connectivity index (χ1) is 6.07. The third-order valence-electron chi connectivity index (χ3n) is 1.63. The highest BCUT2D eigenvalue weighted by Crippen LogP contribution is 2.29. The van der Waals surface area contributed by atoms with Gasteiger partial charge in [-0.3, -0.25) is 4.79 Å². The molecule has 0 saturated heterocycles. The normalized spacial score (nSPS) is 9.85. The maximum absolute atomic E-state index is 13.4. The summed E-state index contributed by atoms with van der Waals surface area (Å²) in [6, 6.07) is 2.77. The molecule has 0 spiro atoms. The Morgan fingerprint density at radius 3 is 2.62 bits per heavy atom. The molecule has 0 aliphatic carbocycles. The number of carbonyl (C=O) groups is 1. The molecular weight excluding hydrogens is 195 g/mol. The van der Waals surface area contributed by atoms with Gasteiger partial charge in [0.2, 0.25) is 0 Å². The molecule has 0 atom stereocenters. The first-order valence-electron chi connectivity index (χ1n) is 3.61. The predicted molar refractivity (Wildman–Crippen MR) is 48.0 cm³/mol. The van der Waals surface area contributed by atoms with E-state index in [2.05, 4.69) is 0 Å². The summed E-state index contributed by atoms with van der Waals surface area (Å²) < 4.78 is 18.1. The minimum atomic E-state index is -0.706. The van der Waals surface area contributed by atoms with E-state index in [-0.39, 0.29) is 22.1 Å². The number of benzene rings is 1. The molecule has 0 saturated carbocycles. The molecule has 0 aromatic heterocycles. The number of Topliss-reactive ketones (excluding diaryl/α,β-unsaturated/α-hetero) is 1.